The maximum Gasteiger partial charge on any atom is 0.235 e. The van der Waals surface area contributed by atoms with Crippen LogP contribution in [0.1, 0.15) is 11.6 Å². The molecule has 0 saturated heterocycles. The molecule has 88 valence electrons. The van der Waals surface area contributed by atoms with Gasteiger partial charge < -0.3 is 21.9 Å². The molecule has 1 amide bonds. The van der Waals surface area contributed by atoms with Crippen LogP contribution in [0.3, 0.4) is 0 Å². The molecular formula is C11H17N3O2. The number of benzene rings is 1. The fraction of sp³-hybridized carbons (Fsp3) is 0.364. The smallest absolute Gasteiger partial charge is 0.235 e. The fourth-order valence-electron chi connectivity index (χ4n) is 1.34. The van der Waals surface area contributed by atoms with Crippen LogP contribution in [0, 0.1) is 0 Å². The van der Waals surface area contributed by atoms with Gasteiger partial charge in [0.25, 0.3) is 0 Å². The van der Waals surface area contributed by atoms with Gasteiger partial charge in [-0.25, -0.2) is 0 Å². The van der Waals surface area contributed by atoms with E-state index < -0.39 is 11.9 Å². The van der Waals surface area contributed by atoms with E-state index in [1.165, 1.54) is 0 Å². The Kier molecular flexibility index (Phi) is 4.91. The van der Waals surface area contributed by atoms with Crippen molar-refractivity contribution in [2.75, 3.05) is 13.2 Å². The van der Waals surface area contributed by atoms with E-state index in [1.54, 1.807) is 0 Å². The van der Waals surface area contributed by atoms with Crippen LogP contribution in [0.5, 0.6) is 0 Å². The van der Waals surface area contributed by atoms with Crippen molar-refractivity contribution in [1.82, 2.24) is 5.32 Å². The molecule has 5 nitrogen and oxygen atoms in total. The van der Waals surface area contributed by atoms with Gasteiger partial charge in [-0.2, -0.15) is 0 Å². The SMILES string of the molecule is NC(=O)C(N)CNC(CO)c1ccccc1. The summed E-state index contributed by atoms with van der Waals surface area (Å²) in [6.45, 7) is 0.185. The summed E-state index contributed by atoms with van der Waals surface area (Å²) < 4.78 is 0. The number of nitrogens with two attached hydrogens (primary N) is 2. The van der Waals surface area contributed by atoms with Gasteiger partial charge in [-0.15, -0.1) is 0 Å². The van der Waals surface area contributed by atoms with Crippen molar-refractivity contribution >= 4 is 5.91 Å². The van der Waals surface area contributed by atoms with E-state index in [0.717, 1.165) is 5.56 Å². The summed E-state index contributed by atoms with van der Waals surface area (Å²) in [5, 5.41) is 12.2. The van der Waals surface area contributed by atoms with Crippen LogP contribution >= 0.6 is 0 Å². The number of amides is 1. The molecule has 0 fully saturated rings. The van der Waals surface area contributed by atoms with Gasteiger partial charge >= 0.3 is 0 Å². The van der Waals surface area contributed by atoms with Crippen LogP contribution in [0.15, 0.2) is 30.3 Å². The predicted molar refractivity (Wildman–Crippen MR) is 61.4 cm³/mol. The molecule has 0 aliphatic rings. The van der Waals surface area contributed by atoms with E-state index in [0.29, 0.717) is 0 Å². The zero-order valence-corrected chi connectivity index (χ0v) is 8.97. The normalized spacial score (nSPS) is 14.4. The molecule has 1 aromatic carbocycles. The Morgan fingerprint density at radius 1 is 1.38 bits per heavy atom. The Balaban J connectivity index is 2.53. The molecule has 2 atom stereocenters. The summed E-state index contributed by atoms with van der Waals surface area (Å²) in [6.07, 6.45) is 0. The highest BCUT2D eigenvalue weighted by atomic mass is 16.3. The number of aliphatic hydroxyl groups excluding tert-OH is 1. The minimum atomic E-state index is -0.738. The molecule has 0 bridgehead atoms. The molecule has 1 aromatic rings. The van der Waals surface area contributed by atoms with Gasteiger partial charge in [0.2, 0.25) is 5.91 Å². The highest BCUT2D eigenvalue weighted by Crippen LogP contribution is 2.10. The first-order valence-electron chi connectivity index (χ1n) is 5.09. The van der Waals surface area contributed by atoms with Gasteiger partial charge in [-0.3, -0.25) is 4.79 Å². The first-order valence-corrected chi connectivity index (χ1v) is 5.09. The van der Waals surface area contributed by atoms with Crippen molar-refractivity contribution in [2.45, 2.75) is 12.1 Å². The lowest BCUT2D eigenvalue weighted by molar-refractivity contribution is -0.119. The summed E-state index contributed by atoms with van der Waals surface area (Å²) >= 11 is 0. The van der Waals surface area contributed by atoms with Crippen LogP contribution in [0.4, 0.5) is 0 Å². The molecule has 0 heterocycles. The van der Waals surface area contributed by atoms with Crippen LogP contribution in [0.2, 0.25) is 0 Å². The Bertz CT molecular complexity index is 329. The third-order valence-corrected chi connectivity index (χ3v) is 2.33. The van der Waals surface area contributed by atoms with Crippen LogP contribution in [-0.2, 0) is 4.79 Å². The zero-order valence-electron chi connectivity index (χ0n) is 8.97. The average Bonchev–Trinajstić information content (AvgIpc) is 2.30. The molecule has 16 heavy (non-hydrogen) atoms. The highest BCUT2D eigenvalue weighted by Gasteiger charge is 2.13. The summed E-state index contributed by atoms with van der Waals surface area (Å²) in [4.78, 5) is 10.7. The van der Waals surface area contributed by atoms with E-state index >= 15 is 0 Å². The van der Waals surface area contributed by atoms with Gasteiger partial charge in [-0.1, -0.05) is 30.3 Å². The largest absolute Gasteiger partial charge is 0.394 e. The summed E-state index contributed by atoms with van der Waals surface area (Å²) in [6, 6.07) is 8.48. The number of carbonyl (C=O) groups is 1. The van der Waals surface area contributed by atoms with Gasteiger partial charge in [0.1, 0.15) is 0 Å². The van der Waals surface area contributed by atoms with E-state index in [1.807, 2.05) is 30.3 Å². The van der Waals surface area contributed by atoms with Gasteiger partial charge in [0, 0.05) is 6.54 Å². The van der Waals surface area contributed by atoms with Crippen LogP contribution in [-0.4, -0.2) is 30.2 Å². The van der Waals surface area contributed by atoms with Gasteiger partial charge in [-0.05, 0) is 5.56 Å². The molecule has 0 aliphatic carbocycles. The molecule has 2 unspecified atom stereocenters. The molecule has 0 spiro atoms. The monoisotopic (exact) mass is 223 g/mol. The van der Waals surface area contributed by atoms with Crippen molar-refractivity contribution in [3.8, 4) is 0 Å². The highest BCUT2D eigenvalue weighted by molar-refractivity contribution is 5.79. The van der Waals surface area contributed by atoms with E-state index in [2.05, 4.69) is 5.32 Å². The molecule has 0 radical (unpaired) electrons. The van der Waals surface area contributed by atoms with Crippen molar-refractivity contribution < 1.29 is 9.90 Å². The zero-order chi connectivity index (χ0) is 12.0. The number of carbonyl (C=O) groups excluding carboxylic acids is 1. The number of hydrogen-bond acceptors (Lipinski definition) is 4. The number of primary amides is 1. The van der Waals surface area contributed by atoms with Crippen LogP contribution < -0.4 is 16.8 Å². The van der Waals surface area contributed by atoms with Crippen molar-refractivity contribution in [2.24, 2.45) is 11.5 Å². The molecule has 6 N–H and O–H groups in total. The standard InChI is InChI=1S/C11H17N3O2/c12-9(11(13)16)6-14-10(7-15)8-4-2-1-3-5-8/h1-5,9-10,14-15H,6-7,12H2,(H2,13,16). The topological polar surface area (TPSA) is 101 Å². The van der Waals surface area contributed by atoms with Crippen LogP contribution in [0.25, 0.3) is 0 Å². The first-order chi connectivity index (χ1) is 7.65. The second-order valence-electron chi connectivity index (χ2n) is 3.56. The first kappa shape index (κ1) is 12.6. The predicted octanol–water partition coefficient (Wildman–Crippen LogP) is -0.878. The number of hydrogen-bond donors (Lipinski definition) is 4. The van der Waals surface area contributed by atoms with Gasteiger partial charge in [0.15, 0.2) is 0 Å². The van der Waals surface area contributed by atoms with Crippen molar-refractivity contribution in [3.63, 3.8) is 0 Å². The molecule has 0 saturated carbocycles. The maximum absolute atomic E-state index is 10.7. The lowest BCUT2D eigenvalue weighted by Gasteiger charge is -2.18. The third kappa shape index (κ3) is 3.62. The fourth-order valence-corrected chi connectivity index (χ4v) is 1.34. The van der Waals surface area contributed by atoms with E-state index in [9.17, 15) is 9.90 Å². The Labute approximate surface area is 94.4 Å². The molecule has 0 aromatic heterocycles. The average molecular weight is 223 g/mol. The Morgan fingerprint density at radius 2 is 2.00 bits per heavy atom. The summed E-state index contributed by atoms with van der Waals surface area (Å²) in [5.41, 5.74) is 11.5. The van der Waals surface area contributed by atoms with Crippen molar-refractivity contribution in [1.29, 1.82) is 0 Å². The lowest BCUT2D eigenvalue weighted by atomic mass is 10.1. The molecule has 1 rings (SSSR count). The van der Waals surface area contributed by atoms with Gasteiger partial charge in [0.05, 0.1) is 18.7 Å². The van der Waals surface area contributed by atoms with E-state index in [4.69, 9.17) is 11.5 Å². The Hall–Kier alpha value is -1.43. The maximum atomic E-state index is 10.7. The second kappa shape index (κ2) is 6.22. The number of rotatable bonds is 6. The van der Waals surface area contributed by atoms with Crippen molar-refractivity contribution in [3.05, 3.63) is 35.9 Å². The Morgan fingerprint density at radius 3 is 2.50 bits per heavy atom. The number of nitrogens with one attached hydrogen (secondary N) is 1. The summed E-state index contributed by atoms with van der Waals surface area (Å²) in [7, 11) is 0. The number of aliphatic hydroxyl groups is 1. The minimum absolute atomic E-state index is 0.0600. The molecule has 0 aliphatic heterocycles. The van der Waals surface area contributed by atoms with E-state index in [-0.39, 0.29) is 19.2 Å². The molecular weight excluding hydrogens is 206 g/mol. The second-order valence-corrected chi connectivity index (χ2v) is 3.56. The summed E-state index contributed by atoms with van der Waals surface area (Å²) in [5.74, 6) is -0.558. The lowest BCUT2D eigenvalue weighted by Crippen LogP contribution is -2.45. The molecule has 5 heteroatoms. The minimum Gasteiger partial charge on any atom is -0.394 e. The quantitative estimate of drug-likeness (QED) is 0.503. The third-order valence-electron chi connectivity index (χ3n) is 2.33.